The first kappa shape index (κ1) is 21.1. The van der Waals surface area contributed by atoms with E-state index < -0.39 is 42.7 Å². The van der Waals surface area contributed by atoms with Crippen LogP contribution in [-0.4, -0.2) is 34.9 Å². The van der Waals surface area contributed by atoms with Gasteiger partial charge in [-0.3, -0.25) is 0 Å². The highest BCUT2D eigenvalue weighted by molar-refractivity contribution is 5.67. The van der Waals surface area contributed by atoms with Crippen LogP contribution in [0.3, 0.4) is 0 Å². The number of hydrogen-bond donors (Lipinski definition) is 2. The minimum absolute atomic E-state index is 0.107. The van der Waals surface area contributed by atoms with Crippen molar-refractivity contribution in [2.24, 2.45) is 0 Å². The number of carbonyl (C=O) groups is 1. The van der Waals surface area contributed by atoms with Crippen molar-refractivity contribution < 1.29 is 36.6 Å². The van der Waals surface area contributed by atoms with Gasteiger partial charge in [-0.05, 0) is 25.8 Å². The largest absolute Gasteiger partial charge is 0.453 e. The van der Waals surface area contributed by atoms with E-state index in [1.807, 2.05) is 0 Å². The van der Waals surface area contributed by atoms with Crippen molar-refractivity contribution in [3.63, 3.8) is 0 Å². The lowest BCUT2D eigenvalue weighted by atomic mass is 9.93. The Morgan fingerprint density at radius 3 is 2.20 bits per heavy atom. The van der Waals surface area contributed by atoms with E-state index in [0.29, 0.717) is 5.56 Å². The maximum Gasteiger partial charge on any atom is 0.453 e. The second-order valence-electron chi connectivity index (χ2n) is 6.15. The minimum Gasteiger partial charge on any atom is -0.445 e. The normalized spacial score (nSPS) is 14.1. The summed E-state index contributed by atoms with van der Waals surface area (Å²) in [5.41, 5.74) is -1.05. The summed E-state index contributed by atoms with van der Waals surface area (Å²) in [4.78, 5) is 11.7. The minimum atomic E-state index is -5.69. The number of carbonyl (C=O) groups excluding carboxylic acids is 1. The van der Waals surface area contributed by atoms with Crippen molar-refractivity contribution >= 4 is 6.09 Å². The van der Waals surface area contributed by atoms with E-state index in [2.05, 4.69) is 5.32 Å². The molecule has 0 radical (unpaired) electrons. The van der Waals surface area contributed by atoms with Crippen LogP contribution < -0.4 is 5.32 Å². The summed E-state index contributed by atoms with van der Waals surface area (Å²) in [6.45, 7) is 2.28. The third-order valence-electron chi connectivity index (χ3n) is 3.52. The quantitative estimate of drug-likeness (QED) is 0.714. The van der Waals surface area contributed by atoms with Crippen LogP contribution in [-0.2, 0) is 11.3 Å². The Bertz CT molecular complexity index is 555. The molecule has 0 bridgehead atoms. The molecular weight excluding hydrogens is 349 g/mol. The zero-order chi connectivity index (χ0) is 19.3. The Balaban J connectivity index is 2.63. The van der Waals surface area contributed by atoms with E-state index >= 15 is 0 Å². The second kappa shape index (κ2) is 7.99. The van der Waals surface area contributed by atoms with Gasteiger partial charge in [0.1, 0.15) is 6.61 Å². The Morgan fingerprint density at radius 1 is 1.16 bits per heavy atom. The molecule has 25 heavy (non-hydrogen) atoms. The van der Waals surface area contributed by atoms with Gasteiger partial charge in [0.25, 0.3) is 0 Å². The highest BCUT2D eigenvalue weighted by Crippen LogP contribution is 2.39. The molecule has 0 aliphatic carbocycles. The van der Waals surface area contributed by atoms with E-state index in [1.165, 1.54) is 13.8 Å². The molecule has 0 aliphatic rings. The topological polar surface area (TPSA) is 58.6 Å². The van der Waals surface area contributed by atoms with Crippen molar-refractivity contribution in [3.8, 4) is 0 Å². The number of benzene rings is 1. The van der Waals surface area contributed by atoms with E-state index in [4.69, 9.17) is 4.74 Å². The fourth-order valence-electron chi connectivity index (χ4n) is 1.98. The number of alkyl carbamates (subject to hydrolysis) is 1. The van der Waals surface area contributed by atoms with Crippen LogP contribution in [0, 0.1) is 0 Å². The molecule has 2 N–H and O–H groups in total. The predicted molar refractivity (Wildman–Crippen MR) is 80.1 cm³/mol. The molecule has 0 saturated carbocycles. The molecule has 4 nitrogen and oxygen atoms in total. The number of alkyl halides is 5. The van der Waals surface area contributed by atoms with Gasteiger partial charge >= 0.3 is 18.2 Å². The number of nitrogens with one attached hydrogen (secondary N) is 1. The molecular formula is C16H20F5NO3. The summed E-state index contributed by atoms with van der Waals surface area (Å²) in [7, 11) is 0. The van der Waals surface area contributed by atoms with Gasteiger partial charge < -0.3 is 15.2 Å². The van der Waals surface area contributed by atoms with Crippen LogP contribution in [0.25, 0.3) is 0 Å². The molecule has 142 valence electrons. The Morgan fingerprint density at radius 2 is 1.72 bits per heavy atom. The molecule has 0 saturated heterocycles. The van der Waals surface area contributed by atoms with Crippen molar-refractivity contribution in [2.75, 3.05) is 0 Å². The zero-order valence-electron chi connectivity index (χ0n) is 13.7. The lowest BCUT2D eigenvalue weighted by Crippen LogP contribution is -2.50. The zero-order valence-corrected chi connectivity index (χ0v) is 13.7. The number of halogens is 5. The maximum atomic E-state index is 13.0. The van der Waals surface area contributed by atoms with E-state index in [9.17, 15) is 31.9 Å². The number of amides is 1. The van der Waals surface area contributed by atoms with E-state index in [1.54, 1.807) is 30.3 Å². The van der Waals surface area contributed by atoms with Crippen LogP contribution in [0.4, 0.5) is 26.7 Å². The fourth-order valence-corrected chi connectivity index (χ4v) is 1.98. The van der Waals surface area contributed by atoms with Crippen LogP contribution in [0.5, 0.6) is 0 Å². The summed E-state index contributed by atoms with van der Waals surface area (Å²) >= 11 is 0. The molecule has 0 heterocycles. The molecule has 1 rings (SSSR count). The smallest absolute Gasteiger partial charge is 0.445 e. The molecule has 0 aromatic heterocycles. The lowest BCUT2D eigenvalue weighted by molar-refractivity contribution is -0.285. The van der Waals surface area contributed by atoms with Gasteiger partial charge in [-0.25, -0.2) is 4.79 Å². The summed E-state index contributed by atoms with van der Waals surface area (Å²) in [5, 5.41) is 12.1. The first-order chi connectivity index (χ1) is 11.3. The van der Waals surface area contributed by atoms with Crippen molar-refractivity contribution in [1.82, 2.24) is 5.32 Å². The number of hydrogen-bond acceptors (Lipinski definition) is 3. The van der Waals surface area contributed by atoms with Crippen LogP contribution in [0.2, 0.25) is 0 Å². The van der Waals surface area contributed by atoms with Gasteiger partial charge in [0.15, 0.2) is 0 Å². The van der Waals surface area contributed by atoms with E-state index in [-0.39, 0.29) is 6.61 Å². The molecule has 1 aromatic rings. The molecule has 9 heteroatoms. The highest BCUT2D eigenvalue weighted by atomic mass is 19.4. The van der Waals surface area contributed by atoms with Crippen LogP contribution in [0.1, 0.15) is 32.3 Å². The Labute approximate surface area is 142 Å². The molecule has 1 amide bonds. The molecule has 0 unspecified atom stereocenters. The Kier molecular flexibility index (Phi) is 6.75. The van der Waals surface area contributed by atoms with Crippen molar-refractivity contribution in [1.29, 1.82) is 0 Å². The predicted octanol–water partition coefficient (Wildman–Crippen LogP) is 4.03. The highest BCUT2D eigenvalue weighted by Gasteiger charge is 2.57. The average molecular weight is 369 g/mol. The first-order valence-electron chi connectivity index (χ1n) is 7.47. The van der Waals surface area contributed by atoms with Crippen molar-refractivity contribution in [3.05, 3.63) is 35.9 Å². The number of rotatable bonds is 7. The third-order valence-corrected chi connectivity index (χ3v) is 3.52. The average Bonchev–Trinajstić information content (AvgIpc) is 2.48. The second-order valence-corrected chi connectivity index (χ2v) is 6.15. The van der Waals surface area contributed by atoms with Gasteiger partial charge in [0, 0.05) is 6.42 Å². The van der Waals surface area contributed by atoms with Gasteiger partial charge in [-0.2, -0.15) is 22.0 Å². The van der Waals surface area contributed by atoms with Crippen molar-refractivity contribution in [2.45, 2.75) is 57.0 Å². The molecule has 0 spiro atoms. The van der Waals surface area contributed by atoms with Gasteiger partial charge in [-0.1, -0.05) is 30.3 Å². The van der Waals surface area contributed by atoms with Gasteiger partial charge in [-0.15, -0.1) is 0 Å². The van der Waals surface area contributed by atoms with Gasteiger partial charge in [0.2, 0.25) is 0 Å². The molecule has 1 atom stereocenters. The summed E-state index contributed by atoms with van der Waals surface area (Å²) < 4.78 is 67.6. The summed E-state index contributed by atoms with van der Waals surface area (Å²) in [6, 6.07) is 7.22. The van der Waals surface area contributed by atoms with Crippen LogP contribution >= 0.6 is 0 Å². The molecule has 0 fully saturated rings. The Hall–Kier alpha value is -1.90. The lowest BCUT2D eigenvalue weighted by Gasteiger charge is -2.31. The summed E-state index contributed by atoms with van der Waals surface area (Å²) in [6.07, 6.45) is -9.06. The SMILES string of the molecule is CC(C)(O)[C@@H](CCC(F)(F)C(F)(F)F)NC(=O)OCc1ccccc1. The number of ether oxygens (including phenoxy) is 1. The first-order valence-corrected chi connectivity index (χ1v) is 7.47. The van der Waals surface area contributed by atoms with E-state index in [0.717, 1.165) is 0 Å². The third kappa shape index (κ3) is 6.85. The maximum absolute atomic E-state index is 13.0. The summed E-state index contributed by atoms with van der Waals surface area (Å²) in [5.74, 6) is -4.91. The monoisotopic (exact) mass is 369 g/mol. The molecule has 0 aliphatic heterocycles. The molecule has 1 aromatic carbocycles. The van der Waals surface area contributed by atoms with Crippen LogP contribution in [0.15, 0.2) is 30.3 Å². The number of aliphatic hydroxyl groups is 1. The fraction of sp³-hybridized carbons (Fsp3) is 0.562. The standard InChI is InChI=1S/C16H20F5NO3/c1-14(2,24)12(8-9-15(17,18)16(19,20)21)22-13(23)25-10-11-6-4-3-5-7-11/h3-7,12,24H,8-10H2,1-2H3,(H,22,23)/t12-/m1/s1. The van der Waals surface area contributed by atoms with Gasteiger partial charge in [0.05, 0.1) is 11.6 Å².